The fraction of sp³-hybridized carbons (Fsp3) is 0.391. The van der Waals surface area contributed by atoms with Crippen LogP contribution in [0.15, 0.2) is 30.3 Å². The van der Waals surface area contributed by atoms with E-state index < -0.39 is 0 Å². The van der Waals surface area contributed by atoms with Gasteiger partial charge in [-0.15, -0.1) is 0 Å². The number of methoxy groups -OCH3 is 1. The molecule has 1 amide bonds. The molecule has 0 unspecified atom stereocenters. The molecule has 0 radical (unpaired) electrons. The molecule has 0 aliphatic carbocycles. The molecule has 32 heavy (non-hydrogen) atoms. The number of fused-ring (bicyclic) bond motifs is 2. The van der Waals surface area contributed by atoms with Crippen molar-refractivity contribution >= 4 is 28.5 Å². The topological polar surface area (TPSA) is 88.7 Å². The van der Waals surface area contributed by atoms with Crippen LogP contribution in [-0.2, 0) is 0 Å². The molecule has 8 nitrogen and oxygen atoms in total. The Morgan fingerprint density at radius 3 is 2.97 bits per heavy atom. The number of hydrogen-bond donors (Lipinski definition) is 2. The second-order valence-electron chi connectivity index (χ2n) is 8.15. The van der Waals surface area contributed by atoms with Gasteiger partial charge in [0.25, 0.3) is 5.91 Å². The van der Waals surface area contributed by atoms with Crippen molar-refractivity contribution in [2.75, 3.05) is 33.9 Å². The summed E-state index contributed by atoms with van der Waals surface area (Å²) in [4.78, 5) is 23.5. The van der Waals surface area contributed by atoms with Crippen LogP contribution in [0.25, 0.3) is 11.0 Å². The summed E-state index contributed by atoms with van der Waals surface area (Å²) < 4.78 is 16.5. The Kier molecular flexibility index (Phi) is 5.57. The fourth-order valence-electron chi connectivity index (χ4n) is 4.35. The number of carbonyl (C=O) groups is 1. The molecule has 0 saturated carbocycles. The van der Waals surface area contributed by atoms with Gasteiger partial charge in [-0.05, 0) is 44.2 Å². The molecular weight excluding hydrogens is 432 g/mol. The second-order valence-corrected chi connectivity index (χ2v) is 8.53. The Morgan fingerprint density at radius 2 is 2.12 bits per heavy atom. The van der Waals surface area contributed by atoms with Gasteiger partial charge in [-0.3, -0.25) is 9.69 Å². The second kappa shape index (κ2) is 8.52. The van der Waals surface area contributed by atoms with Gasteiger partial charge < -0.3 is 24.5 Å². The maximum Gasteiger partial charge on any atom is 0.253 e. The molecule has 2 N–H and O–H groups in total. The minimum Gasteiger partial charge on any atom is -0.497 e. The highest BCUT2D eigenvalue weighted by atomic mass is 35.5. The van der Waals surface area contributed by atoms with Crippen LogP contribution in [0.5, 0.6) is 17.2 Å². The maximum atomic E-state index is 13.0. The van der Waals surface area contributed by atoms with Gasteiger partial charge in [0, 0.05) is 18.7 Å². The fourth-order valence-corrected chi connectivity index (χ4v) is 4.64. The lowest BCUT2D eigenvalue weighted by Gasteiger charge is -2.36. The SMILES string of the molecule is COc1ccc2nc([C@H]3C[C@H](NC(=O)c4ccc5c(c4Cl)OCCO5)CCN3C)[nH]c2c1. The van der Waals surface area contributed by atoms with Crippen molar-refractivity contribution in [3.63, 3.8) is 0 Å². The van der Waals surface area contributed by atoms with Crippen molar-refractivity contribution in [2.45, 2.75) is 24.9 Å². The monoisotopic (exact) mass is 456 g/mol. The lowest BCUT2D eigenvalue weighted by molar-refractivity contribution is 0.0883. The normalized spacial score (nSPS) is 20.8. The summed E-state index contributed by atoms with van der Waals surface area (Å²) >= 11 is 6.46. The predicted octanol–water partition coefficient (Wildman–Crippen LogP) is 3.56. The number of nitrogens with zero attached hydrogens (tertiary/aromatic N) is 2. The number of H-pyrrole nitrogens is 1. The minimum absolute atomic E-state index is 0.00397. The molecule has 5 rings (SSSR count). The number of rotatable bonds is 4. The van der Waals surface area contributed by atoms with Crippen LogP contribution in [0.2, 0.25) is 5.02 Å². The molecule has 0 spiro atoms. The summed E-state index contributed by atoms with van der Waals surface area (Å²) in [5, 5.41) is 3.43. The predicted molar refractivity (Wildman–Crippen MR) is 121 cm³/mol. The summed E-state index contributed by atoms with van der Waals surface area (Å²) in [6.07, 6.45) is 1.58. The first-order chi connectivity index (χ1) is 15.5. The highest BCUT2D eigenvalue weighted by molar-refractivity contribution is 6.35. The van der Waals surface area contributed by atoms with E-state index in [0.717, 1.165) is 42.0 Å². The number of likely N-dealkylation sites (tertiary alicyclic amines) is 1. The Balaban J connectivity index is 1.33. The highest BCUT2D eigenvalue weighted by Gasteiger charge is 2.31. The first-order valence-electron chi connectivity index (χ1n) is 10.7. The van der Waals surface area contributed by atoms with Gasteiger partial charge in [-0.25, -0.2) is 4.98 Å². The number of nitrogens with one attached hydrogen (secondary N) is 2. The number of ether oxygens (including phenoxy) is 3. The average Bonchev–Trinajstić information content (AvgIpc) is 3.23. The summed E-state index contributed by atoms with van der Waals surface area (Å²) in [7, 11) is 3.72. The maximum absolute atomic E-state index is 13.0. The zero-order valence-electron chi connectivity index (χ0n) is 18.0. The molecule has 1 saturated heterocycles. The number of halogens is 1. The van der Waals surface area contributed by atoms with Gasteiger partial charge in [0.2, 0.25) is 0 Å². The molecule has 2 aliphatic heterocycles. The van der Waals surface area contributed by atoms with Crippen molar-refractivity contribution in [3.05, 3.63) is 46.7 Å². The molecule has 2 atom stereocenters. The number of amides is 1. The molecule has 168 valence electrons. The van der Waals surface area contributed by atoms with Gasteiger partial charge in [0.1, 0.15) is 24.8 Å². The third kappa shape index (κ3) is 3.84. The zero-order chi connectivity index (χ0) is 22.2. The van der Waals surface area contributed by atoms with Crippen LogP contribution in [0.4, 0.5) is 0 Å². The smallest absolute Gasteiger partial charge is 0.253 e. The van der Waals surface area contributed by atoms with E-state index in [4.69, 9.17) is 30.8 Å². The summed E-state index contributed by atoms with van der Waals surface area (Å²) in [5.41, 5.74) is 2.22. The first kappa shape index (κ1) is 20.9. The Morgan fingerprint density at radius 1 is 1.28 bits per heavy atom. The number of aromatic nitrogens is 2. The van der Waals surface area contributed by atoms with E-state index in [1.165, 1.54) is 0 Å². The Hall–Kier alpha value is -2.97. The minimum atomic E-state index is -0.213. The van der Waals surface area contributed by atoms with Crippen LogP contribution in [0.3, 0.4) is 0 Å². The first-order valence-corrected chi connectivity index (χ1v) is 11.0. The van der Waals surface area contributed by atoms with Gasteiger partial charge in [-0.2, -0.15) is 0 Å². The molecule has 2 aromatic carbocycles. The third-order valence-corrected chi connectivity index (χ3v) is 6.50. The molecule has 9 heteroatoms. The van der Waals surface area contributed by atoms with E-state index in [-0.39, 0.29) is 23.0 Å². The van der Waals surface area contributed by atoms with E-state index in [0.29, 0.717) is 30.3 Å². The quantitative estimate of drug-likeness (QED) is 0.624. The largest absolute Gasteiger partial charge is 0.497 e. The highest BCUT2D eigenvalue weighted by Crippen LogP contribution is 2.39. The standard InChI is InChI=1S/C23H25ClN4O4/c1-28-8-7-13(11-18(28)22-26-16-5-3-14(30-2)12-17(16)27-22)25-23(29)15-4-6-19-21(20(15)24)32-10-9-31-19/h3-6,12-13,18H,7-11H2,1-2H3,(H,25,29)(H,26,27)/t13-,18-/m1/s1. The lowest BCUT2D eigenvalue weighted by atomic mass is 9.96. The molecule has 0 bridgehead atoms. The molecule has 1 fully saturated rings. The molecule has 3 aromatic rings. The van der Waals surface area contributed by atoms with Crippen LogP contribution >= 0.6 is 11.6 Å². The van der Waals surface area contributed by atoms with Gasteiger partial charge >= 0.3 is 0 Å². The third-order valence-electron chi connectivity index (χ3n) is 6.12. The molecule has 2 aliphatic rings. The molecular formula is C23H25ClN4O4. The van der Waals surface area contributed by atoms with E-state index in [9.17, 15) is 4.79 Å². The summed E-state index contributed by atoms with van der Waals surface area (Å²) in [5.74, 6) is 2.45. The Labute approximate surface area is 190 Å². The molecule has 1 aromatic heterocycles. The summed E-state index contributed by atoms with van der Waals surface area (Å²) in [6, 6.07) is 9.26. The molecule has 3 heterocycles. The van der Waals surface area contributed by atoms with Gasteiger partial charge in [-0.1, -0.05) is 11.6 Å². The summed E-state index contributed by atoms with van der Waals surface area (Å²) in [6.45, 7) is 1.73. The number of hydrogen-bond acceptors (Lipinski definition) is 6. The Bertz CT molecular complexity index is 1160. The van der Waals surface area contributed by atoms with Crippen molar-refractivity contribution in [3.8, 4) is 17.2 Å². The van der Waals surface area contributed by atoms with Crippen LogP contribution < -0.4 is 19.5 Å². The van der Waals surface area contributed by atoms with Crippen LogP contribution in [-0.4, -0.2) is 60.7 Å². The van der Waals surface area contributed by atoms with Crippen molar-refractivity contribution in [1.82, 2.24) is 20.2 Å². The van der Waals surface area contributed by atoms with E-state index in [1.807, 2.05) is 18.2 Å². The zero-order valence-corrected chi connectivity index (χ0v) is 18.7. The number of carbonyl (C=O) groups excluding carboxylic acids is 1. The van der Waals surface area contributed by atoms with E-state index in [2.05, 4.69) is 22.2 Å². The number of piperidine rings is 1. The number of imidazole rings is 1. The van der Waals surface area contributed by atoms with Gasteiger partial charge in [0.05, 0.1) is 34.8 Å². The van der Waals surface area contributed by atoms with E-state index in [1.54, 1.807) is 19.2 Å². The van der Waals surface area contributed by atoms with Crippen molar-refractivity contribution in [1.29, 1.82) is 0 Å². The van der Waals surface area contributed by atoms with E-state index >= 15 is 0 Å². The van der Waals surface area contributed by atoms with Crippen LogP contribution in [0.1, 0.15) is 35.1 Å². The average molecular weight is 457 g/mol. The van der Waals surface area contributed by atoms with Crippen LogP contribution in [0, 0.1) is 0 Å². The number of aromatic amines is 1. The van der Waals surface area contributed by atoms with Crippen molar-refractivity contribution in [2.24, 2.45) is 0 Å². The van der Waals surface area contributed by atoms with Gasteiger partial charge in [0.15, 0.2) is 11.5 Å². The number of benzene rings is 2. The lowest BCUT2D eigenvalue weighted by Crippen LogP contribution is -2.45. The van der Waals surface area contributed by atoms with Crippen molar-refractivity contribution < 1.29 is 19.0 Å².